The molecule has 0 radical (unpaired) electrons. The van der Waals surface area contributed by atoms with E-state index in [9.17, 15) is 0 Å². The number of hydrogen-bond acceptors (Lipinski definition) is 3. The maximum absolute atomic E-state index is 4.41. The molecule has 0 saturated carbocycles. The fraction of sp³-hybridized carbons (Fsp3) is 0.545. The summed E-state index contributed by atoms with van der Waals surface area (Å²) < 4.78 is 2.20. The molecule has 2 heterocycles. The van der Waals surface area contributed by atoms with Crippen molar-refractivity contribution in [3.63, 3.8) is 0 Å². The molecular formula is C22H34N6. The standard InChI is InChI=1S/C22H34N6/c1-18-8-10-21(11-9-18)28-15-6-7-20(17-28)26-22(23-3)25-12-4-5-14-27-16-13-24-19(27)2/h8-11,13,16,20H,4-7,12,14-15,17H2,1-3H3,(H2,23,25,26). The van der Waals surface area contributed by atoms with E-state index < -0.39 is 0 Å². The summed E-state index contributed by atoms with van der Waals surface area (Å²) in [6.07, 6.45) is 8.54. The Morgan fingerprint density at radius 3 is 2.75 bits per heavy atom. The van der Waals surface area contributed by atoms with Crippen molar-refractivity contribution in [2.45, 2.75) is 52.1 Å². The third kappa shape index (κ3) is 5.75. The van der Waals surface area contributed by atoms with E-state index in [1.807, 2.05) is 26.4 Å². The summed E-state index contributed by atoms with van der Waals surface area (Å²) in [6, 6.07) is 9.27. The summed E-state index contributed by atoms with van der Waals surface area (Å²) in [5.41, 5.74) is 2.62. The van der Waals surface area contributed by atoms with E-state index in [-0.39, 0.29) is 0 Å². The van der Waals surface area contributed by atoms with Crippen LogP contribution in [0.1, 0.15) is 37.1 Å². The highest BCUT2D eigenvalue weighted by molar-refractivity contribution is 5.80. The maximum Gasteiger partial charge on any atom is 0.191 e. The zero-order chi connectivity index (χ0) is 19.8. The molecule has 2 N–H and O–H groups in total. The van der Waals surface area contributed by atoms with Crippen LogP contribution in [0, 0.1) is 13.8 Å². The Hall–Kier alpha value is -2.50. The normalized spacial score (nSPS) is 17.6. The average molecular weight is 383 g/mol. The molecule has 1 atom stereocenters. The van der Waals surface area contributed by atoms with E-state index in [1.54, 1.807) is 0 Å². The second-order valence-electron chi connectivity index (χ2n) is 7.64. The predicted molar refractivity (Wildman–Crippen MR) is 117 cm³/mol. The minimum atomic E-state index is 0.426. The Labute approximate surface area is 169 Å². The van der Waals surface area contributed by atoms with Crippen LogP contribution >= 0.6 is 0 Å². The van der Waals surface area contributed by atoms with Gasteiger partial charge in [-0.1, -0.05) is 17.7 Å². The lowest BCUT2D eigenvalue weighted by Crippen LogP contribution is -2.51. The van der Waals surface area contributed by atoms with Crippen LogP contribution in [0.3, 0.4) is 0 Å². The molecule has 0 aliphatic carbocycles. The van der Waals surface area contributed by atoms with Gasteiger partial charge in [0.25, 0.3) is 0 Å². The third-order valence-corrected chi connectivity index (χ3v) is 5.43. The van der Waals surface area contributed by atoms with E-state index >= 15 is 0 Å². The number of anilines is 1. The van der Waals surface area contributed by atoms with Gasteiger partial charge in [-0.2, -0.15) is 0 Å². The second kappa shape index (κ2) is 10.2. The lowest BCUT2D eigenvalue weighted by atomic mass is 10.0. The molecule has 152 valence electrons. The Morgan fingerprint density at radius 2 is 2.04 bits per heavy atom. The van der Waals surface area contributed by atoms with Gasteiger partial charge in [-0.05, 0) is 51.7 Å². The zero-order valence-electron chi connectivity index (χ0n) is 17.5. The van der Waals surface area contributed by atoms with Gasteiger partial charge in [0.2, 0.25) is 0 Å². The van der Waals surface area contributed by atoms with Gasteiger partial charge in [-0.3, -0.25) is 4.99 Å². The Kier molecular flexibility index (Phi) is 7.34. The first-order valence-corrected chi connectivity index (χ1v) is 10.4. The van der Waals surface area contributed by atoms with Gasteiger partial charge >= 0.3 is 0 Å². The fourth-order valence-electron chi connectivity index (χ4n) is 3.73. The van der Waals surface area contributed by atoms with Crippen molar-refractivity contribution < 1.29 is 0 Å². The molecule has 28 heavy (non-hydrogen) atoms. The molecular weight excluding hydrogens is 348 g/mol. The smallest absolute Gasteiger partial charge is 0.191 e. The number of piperidine rings is 1. The number of guanidine groups is 1. The number of unbranched alkanes of at least 4 members (excludes halogenated alkanes) is 1. The first kappa shape index (κ1) is 20.2. The predicted octanol–water partition coefficient (Wildman–Crippen LogP) is 3.11. The van der Waals surface area contributed by atoms with Crippen molar-refractivity contribution in [2.24, 2.45) is 4.99 Å². The molecule has 1 saturated heterocycles. The Morgan fingerprint density at radius 1 is 1.21 bits per heavy atom. The largest absolute Gasteiger partial charge is 0.369 e. The van der Waals surface area contributed by atoms with E-state index in [4.69, 9.17) is 0 Å². The molecule has 1 aromatic carbocycles. The molecule has 1 aliphatic heterocycles. The SMILES string of the molecule is CN=C(NCCCCn1ccnc1C)NC1CCCN(c2ccc(C)cc2)C1. The number of aromatic nitrogens is 2. The minimum absolute atomic E-state index is 0.426. The minimum Gasteiger partial charge on any atom is -0.369 e. The van der Waals surface area contributed by atoms with Crippen molar-refractivity contribution in [3.05, 3.63) is 48.0 Å². The molecule has 1 unspecified atom stereocenters. The van der Waals surface area contributed by atoms with Crippen molar-refractivity contribution in [1.29, 1.82) is 0 Å². The lowest BCUT2D eigenvalue weighted by molar-refractivity contribution is 0.467. The number of aliphatic imine (C=N–C) groups is 1. The van der Waals surface area contributed by atoms with Crippen LogP contribution in [-0.2, 0) is 6.54 Å². The molecule has 0 spiro atoms. The third-order valence-electron chi connectivity index (χ3n) is 5.43. The van der Waals surface area contributed by atoms with Crippen LogP contribution in [0.2, 0.25) is 0 Å². The van der Waals surface area contributed by atoms with Gasteiger partial charge in [0.05, 0.1) is 0 Å². The van der Waals surface area contributed by atoms with Gasteiger partial charge in [-0.15, -0.1) is 0 Å². The van der Waals surface area contributed by atoms with E-state index in [2.05, 4.69) is 61.3 Å². The van der Waals surface area contributed by atoms with Crippen LogP contribution < -0.4 is 15.5 Å². The molecule has 1 aliphatic rings. The van der Waals surface area contributed by atoms with Crippen LogP contribution in [0.15, 0.2) is 41.7 Å². The maximum atomic E-state index is 4.41. The number of hydrogen-bond donors (Lipinski definition) is 2. The molecule has 0 bridgehead atoms. The molecule has 0 amide bonds. The molecule has 6 nitrogen and oxygen atoms in total. The first-order chi connectivity index (χ1) is 13.7. The Bertz CT molecular complexity index is 749. The zero-order valence-corrected chi connectivity index (χ0v) is 17.5. The lowest BCUT2D eigenvalue weighted by Gasteiger charge is -2.35. The quantitative estimate of drug-likeness (QED) is 0.439. The van der Waals surface area contributed by atoms with Gasteiger partial charge in [0.1, 0.15) is 5.82 Å². The number of rotatable bonds is 7. The van der Waals surface area contributed by atoms with Crippen molar-refractivity contribution in [2.75, 3.05) is 31.6 Å². The van der Waals surface area contributed by atoms with Gasteiger partial charge in [0.15, 0.2) is 5.96 Å². The summed E-state index contributed by atoms with van der Waals surface area (Å²) in [5, 5.41) is 7.08. The number of aryl methyl sites for hydroxylation is 3. The second-order valence-corrected chi connectivity index (χ2v) is 7.64. The highest BCUT2D eigenvalue weighted by Gasteiger charge is 2.20. The molecule has 1 aromatic heterocycles. The van der Waals surface area contributed by atoms with Gasteiger partial charge in [-0.25, -0.2) is 4.98 Å². The van der Waals surface area contributed by atoms with E-state index in [0.29, 0.717) is 6.04 Å². The van der Waals surface area contributed by atoms with Crippen LogP contribution in [0.4, 0.5) is 5.69 Å². The summed E-state index contributed by atoms with van der Waals surface area (Å²) >= 11 is 0. The number of nitrogens with zero attached hydrogens (tertiary/aromatic N) is 4. The highest BCUT2D eigenvalue weighted by Crippen LogP contribution is 2.20. The summed E-state index contributed by atoms with van der Waals surface area (Å²) in [7, 11) is 1.85. The van der Waals surface area contributed by atoms with Gasteiger partial charge < -0.3 is 20.1 Å². The van der Waals surface area contributed by atoms with Crippen LogP contribution in [0.25, 0.3) is 0 Å². The molecule has 3 rings (SSSR count). The first-order valence-electron chi connectivity index (χ1n) is 10.4. The highest BCUT2D eigenvalue weighted by atomic mass is 15.2. The fourth-order valence-corrected chi connectivity index (χ4v) is 3.73. The van der Waals surface area contributed by atoms with Crippen molar-refractivity contribution in [1.82, 2.24) is 20.2 Å². The van der Waals surface area contributed by atoms with Crippen LogP contribution in [0.5, 0.6) is 0 Å². The van der Waals surface area contributed by atoms with Crippen molar-refractivity contribution in [3.8, 4) is 0 Å². The molecule has 2 aromatic rings. The van der Waals surface area contributed by atoms with Crippen molar-refractivity contribution >= 4 is 11.6 Å². The summed E-state index contributed by atoms with van der Waals surface area (Å²) in [5.74, 6) is 2.00. The van der Waals surface area contributed by atoms with E-state index in [1.165, 1.54) is 24.1 Å². The Balaban J connectivity index is 1.40. The summed E-state index contributed by atoms with van der Waals surface area (Å²) in [6.45, 7) is 8.28. The molecule has 6 heteroatoms. The summed E-state index contributed by atoms with van der Waals surface area (Å²) in [4.78, 5) is 11.2. The topological polar surface area (TPSA) is 57.5 Å². The molecule has 1 fully saturated rings. The average Bonchev–Trinajstić information content (AvgIpc) is 3.12. The number of imidazole rings is 1. The van der Waals surface area contributed by atoms with Gasteiger partial charge in [0, 0.05) is 57.3 Å². The number of nitrogens with one attached hydrogen (secondary N) is 2. The monoisotopic (exact) mass is 382 g/mol. The number of benzene rings is 1. The van der Waals surface area contributed by atoms with E-state index in [0.717, 1.165) is 50.8 Å². The van der Waals surface area contributed by atoms with Crippen LogP contribution in [-0.4, -0.2) is 48.2 Å².